The second-order valence-corrected chi connectivity index (χ2v) is 10.5. The first-order valence-corrected chi connectivity index (χ1v) is 13.4. The standard InChI is InChI=1S/C31H30ClFN2OS/c1-22-6-15-30(23(2)18-22)37-31(34-20-25-9-13-28(33)14-10-25)35(21-26-4-3-5-29(36)19-26)17-16-24-7-11-27(32)12-8-24/h3-15,18-19,36H,16-17,20-21H2,1-2H3. The molecule has 3 nitrogen and oxygen atoms in total. The molecule has 0 unspecified atom stereocenters. The molecule has 0 spiro atoms. The summed E-state index contributed by atoms with van der Waals surface area (Å²) in [7, 11) is 0. The van der Waals surface area contributed by atoms with E-state index in [2.05, 4.69) is 36.9 Å². The predicted molar refractivity (Wildman–Crippen MR) is 153 cm³/mol. The van der Waals surface area contributed by atoms with Gasteiger partial charge in [0.2, 0.25) is 0 Å². The van der Waals surface area contributed by atoms with Crippen LogP contribution in [0.3, 0.4) is 0 Å². The Kier molecular flexibility index (Phi) is 9.26. The normalized spacial score (nSPS) is 11.5. The fourth-order valence-electron chi connectivity index (χ4n) is 3.99. The maximum Gasteiger partial charge on any atom is 0.164 e. The predicted octanol–water partition coefficient (Wildman–Crippen LogP) is 8.19. The molecule has 6 heteroatoms. The molecule has 0 bridgehead atoms. The molecular weight excluding hydrogens is 503 g/mol. The van der Waals surface area contributed by atoms with Crippen molar-refractivity contribution in [2.24, 2.45) is 4.99 Å². The van der Waals surface area contributed by atoms with Crippen LogP contribution >= 0.6 is 23.4 Å². The highest BCUT2D eigenvalue weighted by molar-refractivity contribution is 8.13. The van der Waals surface area contributed by atoms with Crippen LogP contribution in [-0.2, 0) is 19.5 Å². The van der Waals surface area contributed by atoms with E-state index in [-0.39, 0.29) is 11.6 Å². The third-order valence-corrected chi connectivity index (χ3v) is 7.48. The van der Waals surface area contributed by atoms with E-state index in [0.717, 1.165) is 34.2 Å². The van der Waals surface area contributed by atoms with Gasteiger partial charge in [-0.3, -0.25) is 4.99 Å². The van der Waals surface area contributed by atoms with E-state index in [1.165, 1.54) is 28.8 Å². The van der Waals surface area contributed by atoms with Gasteiger partial charge >= 0.3 is 0 Å². The molecule has 0 radical (unpaired) electrons. The van der Waals surface area contributed by atoms with Crippen molar-refractivity contribution in [2.75, 3.05) is 6.54 Å². The number of benzene rings is 4. The Bertz CT molecular complexity index is 1360. The quantitative estimate of drug-likeness (QED) is 0.141. The molecule has 4 aromatic carbocycles. The number of halogens is 2. The van der Waals surface area contributed by atoms with Gasteiger partial charge in [0.15, 0.2) is 5.17 Å². The van der Waals surface area contributed by atoms with Gasteiger partial charge in [-0.15, -0.1) is 0 Å². The molecule has 0 fully saturated rings. The van der Waals surface area contributed by atoms with Crippen LogP contribution in [0.25, 0.3) is 0 Å². The molecule has 0 aliphatic rings. The van der Waals surface area contributed by atoms with Gasteiger partial charge < -0.3 is 10.0 Å². The number of aliphatic imine (C=N–C) groups is 1. The number of phenolic OH excluding ortho intramolecular Hbond substituents is 1. The number of rotatable bonds is 8. The number of aromatic hydroxyl groups is 1. The first kappa shape index (κ1) is 26.8. The van der Waals surface area contributed by atoms with Crippen molar-refractivity contribution in [3.63, 3.8) is 0 Å². The number of nitrogens with zero attached hydrogens (tertiary/aromatic N) is 2. The van der Waals surface area contributed by atoms with Crippen LogP contribution in [0, 0.1) is 19.7 Å². The van der Waals surface area contributed by atoms with E-state index in [9.17, 15) is 9.50 Å². The van der Waals surface area contributed by atoms with Crippen molar-refractivity contribution in [2.45, 2.75) is 38.3 Å². The largest absolute Gasteiger partial charge is 0.508 e. The molecular formula is C31H30ClFN2OS. The minimum absolute atomic E-state index is 0.238. The number of amidine groups is 1. The van der Waals surface area contributed by atoms with E-state index in [0.29, 0.717) is 18.1 Å². The van der Waals surface area contributed by atoms with Crippen molar-refractivity contribution in [3.8, 4) is 5.75 Å². The average Bonchev–Trinajstić information content (AvgIpc) is 2.87. The fourth-order valence-corrected chi connectivity index (χ4v) is 5.08. The monoisotopic (exact) mass is 532 g/mol. The molecule has 0 heterocycles. The van der Waals surface area contributed by atoms with Crippen molar-refractivity contribution in [1.82, 2.24) is 4.90 Å². The zero-order valence-electron chi connectivity index (χ0n) is 21.0. The van der Waals surface area contributed by atoms with Crippen LogP contribution in [-0.4, -0.2) is 21.7 Å². The fraction of sp³-hybridized carbons (Fsp3) is 0.194. The van der Waals surface area contributed by atoms with Gasteiger partial charge in [-0.1, -0.05) is 77.5 Å². The summed E-state index contributed by atoms with van der Waals surface area (Å²) >= 11 is 7.73. The average molecular weight is 533 g/mol. The molecule has 37 heavy (non-hydrogen) atoms. The first-order chi connectivity index (χ1) is 17.9. The Morgan fingerprint density at radius 3 is 2.32 bits per heavy atom. The molecule has 4 rings (SSSR count). The van der Waals surface area contributed by atoms with Gasteiger partial charge in [-0.05, 0) is 85.0 Å². The second kappa shape index (κ2) is 12.8. The molecule has 0 aliphatic carbocycles. The third kappa shape index (κ3) is 8.11. The van der Waals surface area contributed by atoms with Crippen molar-refractivity contribution in [3.05, 3.63) is 130 Å². The van der Waals surface area contributed by atoms with Gasteiger partial charge in [-0.2, -0.15) is 0 Å². The lowest BCUT2D eigenvalue weighted by Crippen LogP contribution is -2.31. The van der Waals surface area contributed by atoms with E-state index < -0.39 is 0 Å². The van der Waals surface area contributed by atoms with Crippen LogP contribution in [0.5, 0.6) is 5.75 Å². The smallest absolute Gasteiger partial charge is 0.164 e. The summed E-state index contributed by atoms with van der Waals surface area (Å²) in [6.07, 6.45) is 0.805. The van der Waals surface area contributed by atoms with Crippen molar-refractivity contribution < 1.29 is 9.50 Å². The highest BCUT2D eigenvalue weighted by Gasteiger charge is 2.16. The zero-order chi connectivity index (χ0) is 26.2. The summed E-state index contributed by atoms with van der Waals surface area (Å²) in [4.78, 5) is 8.41. The molecule has 0 amide bonds. The van der Waals surface area contributed by atoms with E-state index >= 15 is 0 Å². The number of hydrogen-bond acceptors (Lipinski definition) is 3. The van der Waals surface area contributed by atoms with Crippen molar-refractivity contribution >= 4 is 28.5 Å². The maximum atomic E-state index is 13.5. The molecule has 0 aromatic heterocycles. The number of aryl methyl sites for hydroxylation is 2. The summed E-state index contributed by atoms with van der Waals surface area (Å²) in [5, 5.41) is 11.7. The number of hydrogen-bond donors (Lipinski definition) is 1. The summed E-state index contributed by atoms with van der Waals surface area (Å²) in [6, 6.07) is 28.1. The summed E-state index contributed by atoms with van der Waals surface area (Å²) in [5.41, 5.74) is 5.52. The minimum Gasteiger partial charge on any atom is -0.508 e. The summed E-state index contributed by atoms with van der Waals surface area (Å²) in [5.74, 6) is -0.0203. The molecule has 0 saturated heterocycles. The third-order valence-electron chi connectivity index (χ3n) is 5.98. The van der Waals surface area contributed by atoms with E-state index in [4.69, 9.17) is 16.6 Å². The molecule has 0 aliphatic heterocycles. The molecule has 0 saturated carbocycles. The Hall–Kier alpha value is -3.28. The molecule has 4 aromatic rings. The molecule has 190 valence electrons. The lowest BCUT2D eigenvalue weighted by molar-refractivity contribution is 0.420. The summed E-state index contributed by atoms with van der Waals surface area (Å²) in [6.45, 7) is 5.94. The van der Waals surface area contributed by atoms with Gasteiger partial charge in [0.1, 0.15) is 11.6 Å². The van der Waals surface area contributed by atoms with Gasteiger partial charge in [-0.25, -0.2) is 4.39 Å². The Balaban J connectivity index is 1.67. The molecule has 0 atom stereocenters. The highest BCUT2D eigenvalue weighted by Crippen LogP contribution is 2.28. The van der Waals surface area contributed by atoms with Gasteiger partial charge in [0.05, 0.1) is 6.54 Å². The maximum absolute atomic E-state index is 13.5. The van der Waals surface area contributed by atoms with Gasteiger partial charge in [0, 0.05) is 23.0 Å². The zero-order valence-corrected chi connectivity index (χ0v) is 22.6. The molecule has 1 N–H and O–H groups in total. The van der Waals surface area contributed by atoms with E-state index in [1.54, 1.807) is 36.0 Å². The Morgan fingerprint density at radius 1 is 0.892 bits per heavy atom. The van der Waals surface area contributed by atoms with Crippen LogP contribution < -0.4 is 0 Å². The van der Waals surface area contributed by atoms with Crippen LogP contribution in [0.1, 0.15) is 27.8 Å². The topological polar surface area (TPSA) is 35.8 Å². The van der Waals surface area contributed by atoms with Gasteiger partial charge in [0.25, 0.3) is 0 Å². The number of phenols is 1. The van der Waals surface area contributed by atoms with Crippen LogP contribution in [0.4, 0.5) is 4.39 Å². The lowest BCUT2D eigenvalue weighted by atomic mass is 10.1. The summed E-state index contributed by atoms with van der Waals surface area (Å²) < 4.78 is 13.5. The Labute approximate surface area is 227 Å². The van der Waals surface area contributed by atoms with Crippen LogP contribution in [0.15, 0.2) is 101 Å². The lowest BCUT2D eigenvalue weighted by Gasteiger charge is -2.27. The van der Waals surface area contributed by atoms with Crippen LogP contribution in [0.2, 0.25) is 5.02 Å². The van der Waals surface area contributed by atoms with E-state index in [1.807, 2.05) is 36.4 Å². The Morgan fingerprint density at radius 2 is 1.62 bits per heavy atom. The first-order valence-electron chi connectivity index (χ1n) is 12.2. The highest BCUT2D eigenvalue weighted by atomic mass is 35.5. The second-order valence-electron chi connectivity index (χ2n) is 9.06. The minimum atomic E-state index is -0.258. The number of thioether (sulfide) groups is 1. The SMILES string of the molecule is Cc1ccc(SC(=NCc2ccc(F)cc2)N(CCc2ccc(Cl)cc2)Cc2cccc(O)c2)c(C)c1. The van der Waals surface area contributed by atoms with Crippen molar-refractivity contribution in [1.29, 1.82) is 0 Å².